The number of hydrogen-bond donors (Lipinski definition) is 2. The Balaban J connectivity index is 1.54. The number of nitrogens with zero attached hydrogens (tertiary/aromatic N) is 1. The highest BCUT2D eigenvalue weighted by Gasteiger charge is 2.27. The number of carbonyl (C=O) groups excluding carboxylic acids is 2. The summed E-state index contributed by atoms with van der Waals surface area (Å²) in [6, 6.07) is 6.06. The SMILES string of the molecule is CNC(=O)c1c(NC(=O)c2ccc(S(=O)(=O)N3CCCCCC3)cc2)sc2c1CCCC2. The van der Waals surface area contributed by atoms with Crippen molar-refractivity contribution in [3.8, 4) is 0 Å². The van der Waals surface area contributed by atoms with Crippen molar-refractivity contribution in [3.63, 3.8) is 0 Å². The maximum Gasteiger partial charge on any atom is 0.256 e. The number of fused-ring (bicyclic) bond motifs is 1. The first-order chi connectivity index (χ1) is 15.4. The summed E-state index contributed by atoms with van der Waals surface area (Å²) in [6.07, 6.45) is 7.73. The summed E-state index contributed by atoms with van der Waals surface area (Å²) >= 11 is 1.46. The second-order valence-electron chi connectivity index (χ2n) is 8.29. The predicted octanol–water partition coefficient (Wildman–Crippen LogP) is 3.80. The molecular formula is C23H29N3O4S2. The average Bonchev–Trinajstić information content (AvgIpc) is 2.96. The van der Waals surface area contributed by atoms with E-state index in [1.807, 2.05) is 0 Å². The van der Waals surface area contributed by atoms with Crippen LogP contribution in [0.5, 0.6) is 0 Å². The number of thiophene rings is 1. The quantitative estimate of drug-likeness (QED) is 0.688. The Morgan fingerprint density at radius 2 is 1.56 bits per heavy atom. The maximum absolute atomic E-state index is 13.0. The molecule has 0 unspecified atom stereocenters. The van der Waals surface area contributed by atoms with Crippen molar-refractivity contribution in [2.45, 2.75) is 56.3 Å². The van der Waals surface area contributed by atoms with Gasteiger partial charge in [-0.15, -0.1) is 11.3 Å². The van der Waals surface area contributed by atoms with E-state index in [4.69, 9.17) is 0 Å². The standard InChI is InChI=1S/C23H29N3O4S2/c1-24-22(28)20-18-8-4-5-9-19(18)31-23(20)25-21(27)16-10-12-17(13-11-16)32(29,30)26-14-6-2-3-7-15-26/h10-13H,2-9,14-15H2,1H3,(H,24,28)(H,25,27). The normalized spacial score (nSPS) is 17.3. The van der Waals surface area contributed by atoms with Crippen molar-refractivity contribution in [1.29, 1.82) is 0 Å². The number of carbonyl (C=O) groups is 2. The lowest BCUT2D eigenvalue weighted by molar-refractivity contribution is 0.0963. The highest BCUT2D eigenvalue weighted by Crippen LogP contribution is 2.38. The molecule has 1 aromatic carbocycles. The van der Waals surface area contributed by atoms with Crippen molar-refractivity contribution in [3.05, 3.63) is 45.8 Å². The minimum absolute atomic E-state index is 0.196. The van der Waals surface area contributed by atoms with Crippen LogP contribution in [-0.4, -0.2) is 44.7 Å². The first-order valence-electron chi connectivity index (χ1n) is 11.2. The minimum atomic E-state index is -3.56. The summed E-state index contributed by atoms with van der Waals surface area (Å²) in [5, 5.41) is 6.12. The van der Waals surface area contributed by atoms with E-state index in [1.165, 1.54) is 35.6 Å². The third-order valence-corrected chi connectivity index (χ3v) is 9.29. The second kappa shape index (κ2) is 9.72. The molecule has 1 saturated heterocycles. The number of nitrogens with one attached hydrogen (secondary N) is 2. The fourth-order valence-corrected chi connectivity index (χ4v) is 7.20. The molecule has 2 aliphatic rings. The average molecular weight is 476 g/mol. The van der Waals surface area contributed by atoms with Gasteiger partial charge in [-0.3, -0.25) is 9.59 Å². The lowest BCUT2D eigenvalue weighted by Gasteiger charge is -2.20. The Morgan fingerprint density at radius 1 is 0.906 bits per heavy atom. The minimum Gasteiger partial charge on any atom is -0.355 e. The number of hydrogen-bond acceptors (Lipinski definition) is 5. The molecule has 32 heavy (non-hydrogen) atoms. The maximum atomic E-state index is 13.0. The Kier molecular flexibility index (Phi) is 6.97. The van der Waals surface area contributed by atoms with Gasteiger partial charge in [-0.05, 0) is 68.4 Å². The van der Waals surface area contributed by atoms with Gasteiger partial charge in [0.05, 0.1) is 10.5 Å². The summed E-state index contributed by atoms with van der Waals surface area (Å²) in [4.78, 5) is 26.7. The summed E-state index contributed by atoms with van der Waals surface area (Å²) in [6.45, 7) is 1.08. The van der Waals surface area contributed by atoms with Crippen molar-refractivity contribution < 1.29 is 18.0 Å². The molecule has 0 atom stereocenters. The van der Waals surface area contributed by atoms with E-state index in [1.54, 1.807) is 11.4 Å². The van der Waals surface area contributed by atoms with Crippen molar-refractivity contribution >= 4 is 38.2 Å². The van der Waals surface area contributed by atoms with Crippen LogP contribution in [0.25, 0.3) is 0 Å². The predicted molar refractivity (Wildman–Crippen MR) is 126 cm³/mol. The number of amides is 2. The first-order valence-corrected chi connectivity index (χ1v) is 13.5. The number of rotatable bonds is 5. The number of sulfonamides is 1. The molecule has 0 bridgehead atoms. The number of aryl methyl sites for hydroxylation is 1. The van der Waals surface area contributed by atoms with Crippen LogP contribution >= 0.6 is 11.3 Å². The largest absolute Gasteiger partial charge is 0.355 e. The molecule has 4 rings (SSSR count). The third-order valence-electron chi connectivity index (χ3n) is 6.17. The van der Waals surface area contributed by atoms with Gasteiger partial charge < -0.3 is 10.6 Å². The van der Waals surface area contributed by atoms with Gasteiger partial charge in [0.2, 0.25) is 10.0 Å². The zero-order valence-electron chi connectivity index (χ0n) is 18.3. The van der Waals surface area contributed by atoms with E-state index < -0.39 is 10.0 Å². The number of anilines is 1. The molecular weight excluding hydrogens is 446 g/mol. The third kappa shape index (κ3) is 4.60. The molecule has 0 radical (unpaired) electrons. The van der Waals surface area contributed by atoms with Crippen molar-refractivity contribution in [2.24, 2.45) is 0 Å². The highest BCUT2D eigenvalue weighted by atomic mass is 32.2. The molecule has 0 spiro atoms. The van der Waals surface area contributed by atoms with Gasteiger partial charge in [-0.2, -0.15) is 4.31 Å². The fraction of sp³-hybridized carbons (Fsp3) is 0.478. The zero-order valence-corrected chi connectivity index (χ0v) is 19.9. The molecule has 7 nitrogen and oxygen atoms in total. The lowest BCUT2D eigenvalue weighted by atomic mass is 9.95. The summed E-state index contributed by atoms with van der Waals surface area (Å²) in [5.74, 6) is -0.550. The molecule has 2 N–H and O–H groups in total. The molecule has 2 aromatic rings. The van der Waals surface area contributed by atoms with E-state index in [0.29, 0.717) is 29.2 Å². The summed E-state index contributed by atoms with van der Waals surface area (Å²) < 4.78 is 27.5. The first kappa shape index (κ1) is 22.9. The van der Waals surface area contributed by atoms with Crippen LogP contribution in [0.4, 0.5) is 5.00 Å². The smallest absolute Gasteiger partial charge is 0.256 e. The van der Waals surface area contributed by atoms with Gasteiger partial charge in [0, 0.05) is 30.6 Å². The fourth-order valence-electron chi connectivity index (χ4n) is 4.40. The monoisotopic (exact) mass is 475 g/mol. The van der Waals surface area contributed by atoms with E-state index in [0.717, 1.165) is 61.8 Å². The molecule has 1 aliphatic carbocycles. The summed E-state index contributed by atoms with van der Waals surface area (Å²) in [7, 11) is -1.97. The van der Waals surface area contributed by atoms with E-state index in [9.17, 15) is 18.0 Å². The van der Waals surface area contributed by atoms with Crippen LogP contribution in [0.1, 0.15) is 69.7 Å². The van der Waals surface area contributed by atoms with Gasteiger partial charge in [-0.1, -0.05) is 12.8 Å². The Bertz CT molecular complexity index is 1100. The molecule has 2 heterocycles. The van der Waals surface area contributed by atoms with Gasteiger partial charge in [0.1, 0.15) is 5.00 Å². The zero-order chi connectivity index (χ0) is 22.7. The Hall–Kier alpha value is -2.23. The molecule has 172 valence electrons. The Morgan fingerprint density at radius 3 is 2.22 bits per heavy atom. The molecule has 9 heteroatoms. The van der Waals surface area contributed by atoms with Crippen LogP contribution in [0, 0.1) is 0 Å². The van der Waals surface area contributed by atoms with Crippen LogP contribution in [0.15, 0.2) is 29.2 Å². The van der Waals surface area contributed by atoms with Gasteiger partial charge >= 0.3 is 0 Å². The molecule has 0 saturated carbocycles. The van der Waals surface area contributed by atoms with Crippen LogP contribution < -0.4 is 10.6 Å². The lowest BCUT2D eigenvalue weighted by Crippen LogP contribution is -2.31. The van der Waals surface area contributed by atoms with E-state index in [-0.39, 0.29) is 16.7 Å². The Labute approximate surface area is 193 Å². The van der Waals surface area contributed by atoms with Gasteiger partial charge in [0.15, 0.2) is 0 Å². The highest BCUT2D eigenvalue weighted by molar-refractivity contribution is 7.89. The van der Waals surface area contributed by atoms with E-state index in [2.05, 4.69) is 10.6 Å². The second-order valence-corrected chi connectivity index (χ2v) is 11.3. The van der Waals surface area contributed by atoms with Crippen LogP contribution in [0.3, 0.4) is 0 Å². The topological polar surface area (TPSA) is 95.6 Å². The molecule has 2 amide bonds. The molecule has 1 aromatic heterocycles. The molecule has 1 fully saturated rings. The summed E-state index contributed by atoms with van der Waals surface area (Å²) in [5.41, 5.74) is 1.95. The van der Waals surface area contributed by atoms with Gasteiger partial charge in [-0.25, -0.2) is 8.42 Å². The van der Waals surface area contributed by atoms with Gasteiger partial charge in [0.25, 0.3) is 11.8 Å². The van der Waals surface area contributed by atoms with Crippen LogP contribution in [-0.2, 0) is 22.9 Å². The molecule has 1 aliphatic heterocycles. The van der Waals surface area contributed by atoms with Crippen molar-refractivity contribution in [2.75, 3.05) is 25.5 Å². The number of benzene rings is 1. The van der Waals surface area contributed by atoms with E-state index >= 15 is 0 Å². The van der Waals surface area contributed by atoms with Crippen molar-refractivity contribution in [1.82, 2.24) is 9.62 Å². The van der Waals surface area contributed by atoms with Crippen LogP contribution in [0.2, 0.25) is 0 Å².